The Hall–Kier alpha value is -1.81. The van der Waals surface area contributed by atoms with Gasteiger partial charge in [-0.25, -0.2) is 0 Å². The number of nitrogens with one attached hydrogen (secondary N) is 2. The summed E-state index contributed by atoms with van der Waals surface area (Å²) in [5.41, 5.74) is 3.40. The maximum Gasteiger partial charge on any atom is 0.227 e. The van der Waals surface area contributed by atoms with Crippen molar-refractivity contribution in [3.63, 3.8) is 0 Å². The van der Waals surface area contributed by atoms with Crippen molar-refractivity contribution < 1.29 is 4.79 Å². The number of carbonyl (C=O) groups is 1. The molecule has 0 radical (unpaired) electrons. The van der Waals surface area contributed by atoms with Crippen molar-refractivity contribution in [3.05, 3.63) is 30.0 Å². The molecule has 1 heterocycles. The fourth-order valence-electron chi connectivity index (χ4n) is 3.85. The summed E-state index contributed by atoms with van der Waals surface area (Å²) in [7, 11) is 0. The molecule has 0 saturated heterocycles. The van der Waals surface area contributed by atoms with Crippen LogP contribution in [0.15, 0.2) is 24.4 Å². The topological polar surface area (TPSA) is 48.1 Å². The minimum absolute atomic E-state index is 0.0569. The Labute approximate surface area is 163 Å². The van der Waals surface area contributed by atoms with Crippen LogP contribution in [0.5, 0.6) is 0 Å². The molecule has 1 aliphatic carbocycles. The van der Waals surface area contributed by atoms with Gasteiger partial charge >= 0.3 is 0 Å². The van der Waals surface area contributed by atoms with E-state index in [0.717, 1.165) is 42.9 Å². The summed E-state index contributed by atoms with van der Waals surface area (Å²) < 4.78 is 0. The Morgan fingerprint density at radius 2 is 2.07 bits per heavy atom. The first-order valence-corrected chi connectivity index (χ1v) is 10.7. The van der Waals surface area contributed by atoms with E-state index in [9.17, 15) is 4.79 Å². The van der Waals surface area contributed by atoms with Crippen molar-refractivity contribution in [3.8, 4) is 0 Å². The molecule has 1 amide bonds. The molecular formula is C23H35N3O. The Bertz CT molecular complexity index is 747. The fourth-order valence-corrected chi connectivity index (χ4v) is 3.85. The zero-order chi connectivity index (χ0) is 19.2. The molecule has 2 aromatic rings. The van der Waals surface area contributed by atoms with Crippen LogP contribution < -0.4 is 5.32 Å². The van der Waals surface area contributed by atoms with Crippen LogP contribution in [-0.4, -0.2) is 35.4 Å². The normalized spacial score (nSPS) is 15.4. The van der Waals surface area contributed by atoms with Gasteiger partial charge in [-0.3, -0.25) is 4.79 Å². The predicted octanol–water partition coefficient (Wildman–Crippen LogP) is 5.21. The highest BCUT2D eigenvalue weighted by molar-refractivity contribution is 5.95. The van der Waals surface area contributed by atoms with Gasteiger partial charge in [0.2, 0.25) is 5.91 Å². The van der Waals surface area contributed by atoms with E-state index in [1.54, 1.807) is 0 Å². The van der Waals surface area contributed by atoms with Crippen molar-refractivity contribution in [2.24, 2.45) is 11.8 Å². The SMILES string of the molecule is CCC[C@@H](C)C(=O)Nc1ccc2[nH]cc(CCN(CCC)CC3CC3)c2c1. The quantitative estimate of drug-likeness (QED) is 0.571. The number of H-pyrrole nitrogens is 1. The first-order valence-electron chi connectivity index (χ1n) is 10.7. The van der Waals surface area contributed by atoms with Crippen LogP contribution in [0.3, 0.4) is 0 Å². The summed E-state index contributed by atoms with van der Waals surface area (Å²) in [5, 5.41) is 4.33. The highest BCUT2D eigenvalue weighted by atomic mass is 16.1. The molecule has 1 aromatic carbocycles. The van der Waals surface area contributed by atoms with E-state index in [1.165, 1.54) is 43.3 Å². The first-order chi connectivity index (χ1) is 13.1. The van der Waals surface area contributed by atoms with Crippen molar-refractivity contribution in [1.29, 1.82) is 0 Å². The van der Waals surface area contributed by atoms with Crippen LogP contribution in [-0.2, 0) is 11.2 Å². The maximum absolute atomic E-state index is 12.3. The smallest absolute Gasteiger partial charge is 0.227 e. The fraction of sp³-hybridized carbons (Fsp3) is 0.609. The average Bonchev–Trinajstić information content (AvgIpc) is 3.38. The molecule has 1 fully saturated rings. The number of rotatable bonds is 11. The lowest BCUT2D eigenvalue weighted by molar-refractivity contribution is -0.119. The lowest BCUT2D eigenvalue weighted by atomic mass is 10.0. The predicted molar refractivity (Wildman–Crippen MR) is 114 cm³/mol. The third kappa shape index (κ3) is 5.58. The molecule has 1 aliphatic rings. The monoisotopic (exact) mass is 369 g/mol. The van der Waals surface area contributed by atoms with Gasteiger partial charge in [-0.1, -0.05) is 27.2 Å². The van der Waals surface area contributed by atoms with Crippen LogP contribution >= 0.6 is 0 Å². The number of aromatic nitrogens is 1. The number of fused-ring (bicyclic) bond motifs is 1. The highest BCUT2D eigenvalue weighted by Crippen LogP contribution is 2.30. The van der Waals surface area contributed by atoms with Crippen molar-refractivity contribution in [1.82, 2.24) is 9.88 Å². The van der Waals surface area contributed by atoms with Crippen LogP contribution in [0.25, 0.3) is 10.9 Å². The Morgan fingerprint density at radius 1 is 1.26 bits per heavy atom. The number of hydrogen-bond acceptors (Lipinski definition) is 2. The molecule has 0 aliphatic heterocycles. The van der Waals surface area contributed by atoms with Crippen molar-refractivity contribution >= 4 is 22.5 Å². The van der Waals surface area contributed by atoms with Crippen LogP contribution in [0.4, 0.5) is 5.69 Å². The van der Waals surface area contributed by atoms with Gasteiger partial charge in [0.25, 0.3) is 0 Å². The zero-order valence-electron chi connectivity index (χ0n) is 17.2. The molecule has 4 nitrogen and oxygen atoms in total. The standard InChI is InChI=1S/C23H35N3O/c1-4-6-17(3)23(27)25-20-9-10-22-21(14-20)19(15-24-22)11-13-26(12-5-2)16-18-7-8-18/h9-10,14-15,17-18,24H,4-8,11-13,16H2,1-3H3,(H,25,27)/t17-/m1/s1. The second kappa shape index (κ2) is 9.41. The number of carbonyl (C=O) groups excluding carboxylic acids is 1. The molecule has 27 heavy (non-hydrogen) atoms. The molecule has 1 aromatic heterocycles. The Morgan fingerprint density at radius 3 is 2.78 bits per heavy atom. The second-order valence-electron chi connectivity index (χ2n) is 8.25. The van der Waals surface area contributed by atoms with E-state index in [-0.39, 0.29) is 11.8 Å². The molecule has 148 valence electrons. The van der Waals surface area contributed by atoms with E-state index in [1.807, 2.05) is 13.0 Å². The largest absolute Gasteiger partial charge is 0.361 e. The number of benzene rings is 1. The van der Waals surface area contributed by atoms with Gasteiger partial charge < -0.3 is 15.2 Å². The van der Waals surface area contributed by atoms with E-state index < -0.39 is 0 Å². The summed E-state index contributed by atoms with van der Waals surface area (Å²) in [4.78, 5) is 18.3. The minimum Gasteiger partial charge on any atom is -0.361 e. The highest BCUT2D eigenvalue weighted by Gasteiger charge is 2.23. The van der Waals surface area contributed by atoms with Gasteiger partial charge in [0, 0.05) is 41.8 Å². The van der Waals surface area contributed by atoms with E-state index in [0.29, 0.717) is 0 Å². The summed E-state index contributed by atoms with van der Waals surface area (Å²) in [6.07, 6.45) is 9.18. The van der Waals surface area contributed by atoms with Gasteiger partial charge in [-0.05, 0) is 68.3 Å². The molecule has 0 unspecified atom stereocenters. The lowest BCUT2D eigenvalue weighted by Gasteiger charge is -2.21. The molecular weight excluding hydrogens is 334 g/mol. The third-order valence-electron chi connectivity index (χ3n) is 5.65. The Kier molecular flexibility index (Phi) is 6.95. The van der Waals surface area contributed by atoms with Gasteiger partial charge in [-0.15, -0.1) is 0 Å². The molecule has 4 heteroatoms. The van der Waals surface area contributed by atoms with Gasteiger partial charge in [-0.2, -0.15) is 0 Å². The molecule has 1 saturated carbocycles. The van der Waals surface area contributed by atoms with Crippen molar-refractivity contribution in [2.75, 3.05) is 25.0 Å². The van der Waals surface area contributed by atoms with E-state index in [2.05, 4.69) is 47.4 Å². The molecule has 0 bridgehead atoms. The van der Waals surface area contributed by atoms with Crippen LogP contribution in [0, 0.1) is 11.8 Å². The summed E-state index contributed by atoms with van der Waals surface area (Å²) in [5.74, 6) is 1.11. The van der Waals surface area contributed by atoms with E-state index >= 15 is 0 Å². The van der Waals surface area contributed by atoms with Crippen LogP contribution in [0.1, 0.15) is 58.4 Å². The van der Waals surface area contributed by atoms with Gasteiger partial charge in [0.15, 0.2) is 0 Å². The number of aromatic amines is 1. The van der Waals surface area contributed by atoms with Gasteiger partial charge in [0.1, 0.15) is 0 Å². The maximum atomic E-state index is 12.3. The van der Waals surface area contributed by atoms with E-state index in [4.69, 9.17) is 0 Å². The number of nitrogens with zero attached hydrogens (tertiary/aromatic N) is 1. The zero-order valence-corrected chi connectivity index (χ0v) is 17.2. The summed E-state index contributed by atoms with van der Waals surface area (Å²) in [6, 6.07) is 6.20. The first kappa shape index (κ1) is 19.9. The average molecular weight is 370 g/mol. The molecule has 3 rings (SSSR count). The molecule has 1 atom stereocenters. The number of anilines is 1. The third-order valence-corrected chi connectivity index (χ3v) is 5.65. The Balaban J connectivity index is 1.66. The molecule has 0 spiro atoms. The number of amides is 1. The van der Waals surface area contributed by atoms with Crippen molar-refractivity contribution in [2.45, 2.75) is 59.3 Å². The summed E-state index contributed by atoms with van der Waals surface area (Å²) in [6.45, 7) is 9.94. The lowest BCUT2D eigenvalue weighted by Crippen LogP contribution is -2.29. The summed E-state index contributed by atoms with van der Waals surface area (Å²) >= 11 is 0. The second-order valence-corrected chi connectivity index (χ2v) is 8.25. The number of hydrogen-bond donors (Lipinski definition) is 2. The minimum atomic E-state index is 0.0569. The molecule has 2 N–H and O–H groups in total. The van der Waals surface area contributed by atoms with Crippen LogP contribution in [0.2, 0.25) is 0 Å². The van der Waals surface area contributed by atoms with Gasteiger partial charge in [0.05, 0.1) is 0 Å².